The Hall–Kier alpha value is -0.830. The monoisotopic (exact) mass is 241 g/mol. The quantitative estimate of drug-likeness (QED) is 0.610. The first-order valence-corrected chi connectivity index (χ1v) is 6.79. The van der Waals surface area contributed by atoms with Crippen LogP contribution in [0.5, 0.6) is 0 Å². The van der Waals surface area contributed by atoms with E-state index < -0.39 is 6.10 Å². The van der Waals surface area contributed by atoms with Crippen molar-refractivity contribution in [2.24, 2.45) is 0 Å². The molecule has 0 bridgehead atoms. The van der Waals surface area contributed by atoms with Gasteiger partial charge in [-0.1, -0.05) is 45.8 Å². The number of rotatable bonds is 9. The molecule has 0 saturated carbocycles. The maximum Gasteiger partial charge on any atom is 0.220 e. The van der Waals surface area contributed by atoms with Crippen LogP contribution in [-0.4, -0.2) is 23.2 Å². The van der Waals surface area contributed by atoms with Crippen LogP contribution < -0.4 is 5.32 Å². The summed E-state index contributed by atoms with van der Waals surface area (Å²) >= 11 is 0. The van der Waals surface area contributed by atoms with Crippen LogP contribution in [0.25, 0.3) is 0 Å². The van der Waals surface area contributed by atoms with E-state index in [0.29, 0.717) is 6.42 Å². The van der Waals surface area contributed by atoms with Gasteiger partial charge in [0.15, 0.2) is 0 Å². The molecule has 2 atom stereocenters. The summed E-state index contributed by atoms with van der Waals surface area (Å²) in [7, 11) is 0. The average Bonchev–Trinajstić information content (AvgIpc) is 2.33. The number of aliphatic hydroxyl groups is 1. The van der Waals surface area contributed by atoms with Gasteiger partial charge in [0.1, 0.15) is 0 Å². The second-order valence-electron chi connectivity index (χ2n) is 4.39. The highest BCUT2D eigenvalue weighted by molar-refractivity contribution is 5.76. The Morgan fingerprint density at radius 2 is 2.00 bits per heavy atom. The van der Waals surface area contributed by atoms with E-state index in [1.807, 2.05) is 13.0 Å². The number of nitrogens with one attached hydrogen (secondary N) is 1. The molecular weight excluding hydrogens is 214 g/mol. The van der Waals surface area contributed by atoms with E-state index in [2.05, 4.69) is 19.2 Å². The predicted octanol–water partition coefficient (Wildman–Crippen LogP) is 2.79. The number of carbonyl (C=O) groups is 1. The number of hydrogen-bond acceptors (Lipinski definition) is 2. The summed E-state index contributed by atoms with van der Waals surface area (Å²) in [5.74, 6) is 0.0432. The molecule has 0 radical (unpaired) electrons. The number of amides is 1. The van der Waals surface area contributed by atoms with Crippen LogP contribution >= 0.6 is 0 Å². The number of allylic oxidation sites excluding steroid dienone is 1. The number of aliphatic hydroxyl groups excluding tert-OH is 1. The van der Waals surface area contributed by atoms with Crippen molar-refractivity contribution in [2.75, 3.05) is 0 Å². The first-order valence-electron chi connectivity index (χ1n) is 6.79. The number of hydrogen-bond donors (Lipinski definition) is 2. The third-order valence-corrected chi connectivity index (χ3v) is 2.74. The van der Waals surface area contributed by atoms with Crippen molar-refractivity contribution in [3.8, 4) is 0 Å². The summed E-state index contributed by atoms with van der Waals surface area (Å²) in [6, 6.07) is -0.160. The second kappa shape index (κ2) is 10.3. The van der Waals surface area contributed by atoms with Crippen molar-refractivity contribution >= 4 is 5.91 Å². The SMILES string of the molecule is CCC/C=C/C(O)C(CC)NC(=O)CCCC. The van der Waals surface area contributed by atoms with E-state index in [9.17, 15) is 9.90 Å². The smallest absolute Gasteiger partial charge is 0.220 e. The van der Waals surface area contributed by atoms with Gasteiger partial charge in [0, 0.05) is 6.42 Å². The van der Waals surface area contributed by atoms with Crippen molar-refractivity contribution in [3.63, 3.8) is 0 Å². The Kier molecular flexibility index (Phi) is 9.83. The Morgan fingerprint density at radius 3 is 2.53 bits per heavy atom. The Balaban J connectivity index is 4.08. The highest BCUT2D eigenvalue weighted by Gasteiger charge is 2.16. The molecule has 0 saturated heterocycles. The summed E-state index contributed by atoms with van der Waals surface area (Å²) in [6.07, 6.45) is 8.46. The highest BCUT2D eigenvalue weighted by Crippen LogP contribution is 2.04. The summed E-state index contributed by atoms with van der Waals surface area (Å²) in [5, 5.41) is 12.8. The van der Waals surface area contributed by atoms with Gasteiger partial charge in [-0.15, -0.1) is 0 Å². The molecule has 0 aromatic heterocycles. The lowest BCUT2D eigenvalue weighted by atomic mass is 10.1. The van der Waals surface area contributed by atoms with E-state index in [0.717, 1.165) is 32.1 Å². The molecule has 0 rings (SSSR count). The van der Waals surface area contributed by atoms with Gasteiger partial charge in [-0.25, -0.2) is 0 Å². The summed E-state index contributed by atoms with van der Waals surface area (Å²) in [6.45, 7) is 6.13. The predicted molar refractivity (Wildman–Crippen MR) is 71.8 cm³/mol. The fourth-order valence-corrected chi connectivity index (χ4v) is 1.58. The molecule has 0 aliphatic carbocycles. The highest BCUT2D eigenvalue weighted by atomic mass is 16.3. The zero-order valence-electron chi connectivity index (χ0n) is 11.4. The normalized spacial score (nSPS) is 14.8. The fraction of sp³-hybridized carbons (Fsp3) is 0.786. The third-order valence-electron chi connectivity index (χ3n) is 2.74. The zero-order chi connectivity index (χ0) is 13.1. The van der Waals surface area contributed by atoms with Crippen LogP contribution in [0.4, 0.5) is 0 Å². The molecule has 0 heterocycles. The molecule has 2 N–H and O–H groups in total. The van der Waals surface area contributed by atoms with Crippen LogP contribution in [0, 0.1) is 0 Å². The van der Waals surface area contributed by atoms with E-state index >= 15 is 0 Å². The van der Waals surface area contributed by atoms with Crippen LogP contribution in [0.15, 0.2) is 12.2 Å². The van der Waals surface area contributed by atoms with E-state index in [-0.39, 0.29) is 11.9 Å². The molecule has 3 nitrogen and oxygen atoms in total. The van der Waals surface area contributed by atoms with Gasteiger partial charge in [0.05, 0.1) is 12.1 Å². The average molecular weight is 241 g/mol. The maximum absolute atomic E-state index is 11.6. The number of unbranched alkanes of at least 4 members (excludes halogenated alkanes) is 2. The van der Waals surface area contributed by atoms with Crippen molar-refractivity contribution in [1.29, 1.82) is 0 Å². The minimum absolute atomic E-state index is 0.0432. The lowest BCUT2D eigenvalue weighted by Gasteiger charge is -2.20. The van der Waals surface area contributed by atoms with Gasteiger partial charge < -0.3 is 10.4 Å². The summed E-state index contributed by atoms with van der Waals surface area (Å²) < 4.78 is 0. The molecule has 1 amide bonds. The molecule has 0 aliphatic rings. The Labute approximate surface area is 105 Å². The molecule has 2 unspecified atom stereocenters. The maximum atomic E-state index is 11.6. The van der Waals surface area contributed by atoms with Crippen LogP contribution in [0.2, 0.25) is 0 Å². The van der Waals surface area contributed by atoms with Gasteiger partial charge >= 0.3 is 0 Å². The van der Waals surface area contributed by atoms with E-state index in [1.165, 1.54) is 0 Å². The van der Waals surface area contributed by atoms with Crippen LogP contribution in [-0.2, 0) is 4.79 Å². The third kappa shape index (κ3) is 7.97. The summed E-state index contributed by atoms with van der Waals surface area (Å²) in [4.78, 5) is 11.6. The van der Waals surface area contributed by atoms with Crippen molar-refractivity contribution in [3.05, 3.63) is 12.2 Å². The molecule has 17 heavy (non-hydrogen) atoms. The Bertz CT molecular complexity index is 226. The summed E-state index contributed by atoms with van der Waals surface area (Å²) in [5.41, 5.74) is 0. The van der Waals surface area contributed by atoms with Crippen molar-refractivity contribution < 1.29 is 9.90 Å². The van der Waals surface area contributed by atoms with Gasteiger partial charge in [0.25, 0.3) is 0 Å². The fourth-order valence-electron chi connectivity index (χ4n) is 1.58. The van der Waals surface area contributed by atoms with Crippen LogP contribution in [0.3, 0.4) is 0 Å². The largest absolute Gasteiger partial charge is 0.387 e. The lowest BCUT2D eigenvalue weighted by molar-refractivity contribution is -0.122. The molecule has 3 heteroatoms. The van der Waals surface area contributed by atoms with Crippen molar-refractivity contribution in [1.82, 2.24) is 5.32 Å². The van der Waals surface area contributed by atoms with Gasteiger partial charge in [-0.05, 0) is 19.3 Å². The molecule has 0 aromatic rings. The standard InChI is InChI=1S/C14H27NO2/c1-4-7-9-10-13(16)12(6-3)15-14(17)11-8-5-2/h9-10,12-13,16H,4-8,11H2,1-3H3,(H,15,17)/b10-9+. The first kappa shape index (κ1) is 16.2. The molecule has 0 spiro atoms. The first-order chi connectivity index (χ1) is 8.15. The second-order valence-corrected chi connectivity index (χ2v) is 4.39. The van der Waals surface area contributed by atoms with Gasteiger partial charge in [-0.3, -0.25) is 4.79 Å². The minimum atomic E-state index is -0.572. The topological polar surface area (TPSA) is 49.3 Å². The Morgan fingerprint density at radius 1 is 1.29 bits per heavy atom. The molecule has 0 fully saturated rings. The molecule has 100 valence electrons. The van der Waals surface area contributed by atoms with Crippen LogP contribution in [0.1, 0.15) is 59.3 Å². The number of carbonyl (C=O) groups excluding carboxylic acids is 1. The molecule has 0 aromatic carbocycles. The van der Waals surface area contributed by atoms with Crippen molar-refractivity contribution in [2.45, 2.75) is 71.4 Å². The molecular formula is C14H27NO2. The zero-order valence-corrected chi connectivity index (χ0v) is 11.4. The van der Waals surface area contributed by atoms with Gasteiger partial charge in [-0.2, -0.15) is 0 Å². The van der Waals surface area contributed by atoms with E-state index in [1.54, 1.807) is 6.08 Å². The van der Waals surface area contributed by atoms with Gasteiger partial charge in [0.2, 0.25) is 5.91 Å². The van der Waals surface area contributed by atoms with E-state index in [4.69, 9.17) is 0 Å². The lowest BCUT2D eigenvalue weighted by Crippen LogP contribution is -2.42. The minimum Gasteiger partial charge on any atom is -0.387 e. The molecule has 0 aliphatic heterocycles.